The topological polar surface area (TPSA) is 90.0 Å². The summed E-state index contributed by atoms with van der Waals surface area (Å²) in [7, 11) is -3.44. The molecule has 0 unspecified atom stereocenters. The summed E-state index contributed by atoms with van der Waals surface area (Å²) >= 11 is 0. The predicted octanol–water partition coefficient (Wildman–Crippen LogP) is 1.66. The zero-order valence-corrected chi connectivity index (χ0v) is 13.2. The van der Waals surface area contributed by atoms with Gasteiger partial charge in [0.25, 0.3) is 0 Å². The molecule has 0 aliphatic heterocycles. The molecule has 0 saturated heterocycles. The molecule has 7 heteroatoms. The first kappa shape index (κ1) is 15.4. The van der Waals surface area contributed by atoms with Gasteiger partial charge in [-0.2, -0.15) is 5.10 Å². The van der Waals surface area contributed by atoms with E-state index in [1.807, 2.05) is 38.1 Å². The molecule has 3 N–H and O–H groups in total. The second-order valence-electron chi connectivity index (χ2n) is 5.01. The zero-order valence-electron chi connectivity index (χ0n) is 12.4. The third-order valence-corrected chi connectivity index (χ3v) is 4.22. The van der Waals surface area contributed by atoms with Gasteiger partial charge in [0.05, 0.1) is 6.54 Å². The lowest BCUT2D eigenvalue weighted by Gasteiger charge is -2.05. The summed E-state index contributed by atoms with van der Waals surface area (Å²) in [5.74, 6) is 0.472. The van der Waals surface area contributed by atoms with Crippen molar-refractivity contribution in [2.75, 3.05) is 23.9 Å². The molecule has 0 radical (unpaired) electrons. The number of nitrogens with one attached hydrogen (secondary N) is 1. The number of sulfone groups is 1. The third-order valence-electron chi connectivity index (χ3n) is 3.08. The molecule has 0 aliphatic rings. The molecule has 21 heavy (non-hydrogen) atoms. The lowest BCUT2D eigenvalue weighted by Crippen LogP contribution is -2.08. The summed E-state index contributed by atoms with van der Waals surface area (Å²) in [6, 6.07) is 7.93. The standard InChI is InChI=1S/C14H20N4O2S/c1-4-16-14-12(21(3,19)20)13(15)18(17-14)9-11-7-5-6-10(2)8-11/h5-8H,4,9,15H2,1-3H3,(H,16,17). The monoisotopic (exact) mass is 308 g/mol. The Hall–Kier alpha value is -2.02. The van der Waals surface area contributed by atoms with Crippen LogP contribution < -0.4 is 11.1 Å². The Labute approximate surface area is 124 Å². The largest absolute Gasteiger partial charge is 0.383 e. The Morgan fingerprint density at radius 2 is 2.10 bits per heavy atom. The van der Waals surface area contributed by atoms with Crippen molar-refractivity contribution in [3.05, 3.63) is 35.4 Å². The Kier molecular flexibility index (Phi) is 4.22. The Balaban J connectivity index is 2.46. The number of nitrogens with zero attached hydrogens (tertiary/aromatic N) is 2. The van der Waals surface area contributed by atoms with Crippen molar-refractivity contribution in [2.45, 2.75) is 25.3 Å². The summed E-state index contributed by atoms with van der Waals surface area (Å²) < 4.78 is 25.3. The van der Waals surface area contributed by atoms with Gasteiger partial charge in [-0.05, 0) is 19.4 Å². The molecule has 0 bridgehead atoms. The predicted molar refractivity (Wildman–Crippen MR) is 84.2 cm³/mol. The summed E-state index contributed by atoms with van der Waals surface area (Å²) in [5, 5.41) is 7.24. The van der Waals surface area contributed by atoms with E-state index in [1.54, 1.807) is 0 Å². The van der Waals surface area contributed by atoms with Crippen LogP contribution in [0.15, 0.2) is 29.2 Å². The summed E-state index contributed by atoms with van der Waals surface area (Å²) in [5.41, 5.74) is 8.14. The molecule has 2 aromatic rings. The van der Waals surface area contributed by atoms with Crippen molar-refractivity contribution in [1.29, 1.82) is 0 Å². The highest BCUT2D eigenvalue weighted by molar-refractivity contribution is 7.91. The van der Waals surface area contributed by atoms with Gasteiger partial charge in [0.1, 0.15) is 5.82 Å². The molecule has 0 atom stereocenters. The minimum absolute atomic E-state index is 0.0667. The van der Waals surface area contributed by atoms with Crippen LogP contribution in [0, 0.1) is 6.92 Å². The van der Waals surface area contributed by atoms with E-state index in [1.165, 1.54) is 4.68 Å². The maximum atomic E-state index is 11.9. The molecule has 0 saturated carbocycles. The Morgan fingerprint density at radius 1 is 1.38 bits per heavy atom. The van der Waals surface area contributed by atoms with Gasteiger partial charge in [-0.1, -0.05) is 29.8 Å². The van der Waals surface area contributed by atoms with Crippen LogP contribution in [0.1, 0.15) is 18.1 Å². The number of benzene rings is 1. The second-order valence-corrected chi connectivity index (χ2v) is 6.96. The van der Waals surface area contributed by atoms with Gasteiger partial charge in [0.15, 0.2) is 20.6 Å². The summed E-state index contributed by atoms with van der Waals surface area (Å²) in [6.07, 6.45) is 1.14. The number of nitrogen functional groups attached to an aromatic ring is 1. The fraction of sp³-hybridized carbons (Fsp3) is 0.357. The Bertz CT molecular complexity index is 750. The number of aromatic nitrogens is 2. The highest BCUT2D eigenvalue weighted by Crippen LogP contribution is 2.27. The maximum Gasteiger partial charge on any atom is 0.182 e. The van der Waals surface area contributed by atoms with Gasteiger partial charge in [0.2, 0.25) is 0 Å². The van der Waals surface area contributed by atoms with E-state index < -0.39 is 9.84 Å². The summed E-state index contributed by atoms with van der Waals surface area (Å²) in [6.45, 7) is 4.88. The molecule has 0 spiro atoms. The van der Waals surface area contributed by atoms with Crippen LogP contribution in [0.25, 0.3) is 0 Å². The molecule has 114 valence electrons. The first-order chi connectivity index (χ1) is 9.82. The number of rotatable bonds is 5. The van der Waals surface area contributed by atoms with Crippen LogP contribution in [0.5, 0.6) is 0 Å². The Morgan fingerprint density at radius 3 is 2.67 bits per heavy atom. The van der Waals surface area contributed by atoms with Crippen molar-refractivity contribution in [2.24, 2.45) is 0 Å². The molecule has 0 aliphatic carbocycles. The van der Waals surface area contributed by atoms with E-state index in [4.69, 9.17) is 5.73 Å². The first-order valence-corrected chi connectivity index (χ1v) is 8.57. The van der Waals surface area contributed by atoms with Gasteiger partial charge in [-0.15, -0.1) is 0 Å². The van der Waals surface area contributed by atoms with E-state index >= 15 is 0 Å². The second kappa shape index (κ2) is 5.77. The smallest absolute Gasteiger partial charge is 0.182 e. The van der Waals surface area contributed by atoms with Crippen molar-refractivity contribution < 1.29 is 8.42 Å². The van der Waals surface area contributed by atoms with Crippen molar-refractivity contribution in [3.8, 4) is 0 Å². The molecular weight excluding hydrogens is 288 g/mol. The quantitative estimate of drug-likeness (QED) is 0.876. The highest BCUT2D eigenvalue weighted by atomic mass is 32.2. The number of hydrogen-bond donors (Lipinski definition) is 2. The van der Waals surface area contributed by atoms with E-state index in [-0.39, 0.29) is 10.7 Å². The third kappa shape index (κ3) is 3.36. The van der Waals surface area contributed by atoms with E-state index in [2.05, 4.69) is 10.4 Å². The van der Waals surface area contributed by atoms with Gasteiger partial charge in [-0.25, -0.2) is 13.1 Å². The lowest BCUT2D eigenvalue weighted by molar-refractivity contribution is 0.602. The number of hydrogen-bond acceptors (Lipinski definition) is 5. The molecular formula is C14H20N4O2S. The van der Waals surface area contributed by atoms with Gasteiger partial charge in [0, 0.05) is 12.8 Å². The molecule has 6 nitrogen and oxygen atoms in total. The van der Waals surface area contributed by atoms with E-state index in [0.717, 1.165) is 17.4 Å². The lowest BCUT2D eigenvalue weighted by atomic mass is 10.1. The first-order valence-electron chi connectivity index (χ1n) is 6.68. The van der Waals surface area contributed by atoms with Crippen molar-refractivity contribution in [1.82, 2.24) is 9.78 Å². The van der Waals surface area contributed by atoms with Crippen LogP contribution >= 0.6 is 0 Å². The van der Waals surface area contributed by atoms with Crippen molar-refractivity contribution in [3.63, 3.8) is 0 Å². The maximum absolute atomic E-state index is 11.9. The molecule has 0 amide bonds. The van der Waals surface area contributed by atoms with Crippen LogP contribution in [-0.2, 0) is 16.4 Å². The SMILES string of the molecule is CCNc1nn(Cc2cccc(C)c2)c(N)c1S(C)(=O)=O. The zero-order chi connectivity index (χ0) is 15.6. The fourth-order valence-corrected chi connectivity index (χ4v) is 3.16. The molecule has 1 heterocycles. The van der Waals surface area contributed by atoms with Crippen LogP contribution in [0.2, 0.25) is 0 Å². The fourth-order valence-electron chi connectivity index (χ4n) is 2.21. The number of anilines is 2. The minimum atomic E-state index is -3.44. The molecule has 2 rings (SSSR count). The van der Waals surface area contributed by atoms with E-state index in [9.17, 15) is 8.42 Å². The van der Waals surface area contributed by atoms with Crippen molar-refractivity contribution >= 4 is 21.5 Å². The number of nitrogens with two attached hydrogens (primary N) is 1. The molecule has 1 aromatic carbocycles. The van der Waals surface area contributed by atoms with E-state index in [0.29, 0.717) is 18.9 Å². The normalized spacial score (nSPS) is 11.6. The highest BCUT2D eigenvalue weighted by Gasteiger charge is 2.23. The average Bonchev–Trinajstić information content (AvgIpc) is 2.66. The summed E-state index contributed by atoms with van der Waals surface area (Å²) in [4.78, 5) is 0.0667. The minimum Gasteiger partial charge on any atom is -0.383 e. The van der Waals surface area contributed by atoms with Crippen LogP contribution in [0.4, 0.5) is 11.6 Å². The number of aryl methyl sites for hydroxylation is 1. The van der Waals surface area contributed by atoms with Crippen LogP contribution in [0.3, 0.4) is 0 Å². The van der Waals surface area contributed by atoms with Gasteiger partial charge in [-0.3, -0.25) is 0 Å². The molecule has 0 fully saturated rings. The van der Waals surface area contributed by atoms with Gasteiger partial charge >= 0.3 is 0 Å². The van der Waals surface area contributed by atoms with Gasteiger partial charge < -0.3 is 11.1 Å². The van der Waals surface area contributed by atoms with Crippen LogP contribution in [-0.4, -0.2) is 31.0 Å². The average molecular weight is 308 g/mol. The molecule has 1 aromatic heterocycles.